The van der Waals surface area contributed by atoms with Gasteiger partial charge in [-0.05, 0) is 49.1 Å². The lowest BCUT2D eigenvalue weighted by molar-refractivity contribution is 0.594. The van der Waals surface area contributed by atoms with Gasteiger partial charge in [-0.25, -0.2) is 8.42 Å². The molecule has 0 heterocycles. The van der Waals surface area contributed by atoms with Crippen molar-refractivity contribution >= 4 is 9.84 Å². The Labute approximate surface area is 126 Å². The summed E-state index contributed by atoms with van der Waals surface area (Å²) in [5.41, 5.74) is 10.3. The van der Waals surface area contributed by atoms with Crippen LogP contribution in [0.1, 0.15) is 27.8 Å². The van der Waals surface area contributed by atoms with Gasteiger partial charge in [-0.15, -0.1) is 0 Å². The fourth-order valence-corrected chi connectivity index (χ4v) is 4.19. The molecule has 2 N–H and O–H groups in total. The van der Waals surface area contributed by atoms with Crippen LogP contribution in [0.5, 0.6) is 0 Å². The van der Waals surface area contributed by atoms with E-state index in [0.29, 0.717) is 11.4 Å². The van der Waals surface area contributed by atoms with Gasteiger partial charge in [-0.2, -0.15) is 0 Å². The Balaban J connectivity index is 2.37. The summed E-state index contributed by atoms with van der Waals surface area (Å²) in [4.78, 5) is 0.412. The first-order valence-corrected chi connectivity index (χ1v) is 8.57. The van der Waals surface area contributed by atoms with Crippen LogP contribution in [0.3, 0.4) is 0 Å². The summed E-state index contributed by atoms with van der Waals surface area (Å²) in [6, 6.07) is 11.1. The Morgan fingerprint density at radius 2 is 1.67 bits per heavy atom. The summed E-state index contributed by atoms with van der Waals surface area (Å²) < 4.78 is 25.2. The highest BCUT2D eigenvalue weighted by atomic mass is 32.2. The topological polar surface area (TPSA) is 60.2 Å². The summed E-state index contributed by atoms with van der Waals surface area (Å²) in [7, 11) is -3.33. The molecule has 0 aliphatic rings. The van der Waals surface area contributed by atoms with E-state index in [1.165, 1.54) is 0 Å². The lowest BCUT2D eigenvalue weighted by Gasteiger charge is -2.11. The summed E-state index contributed by atoms with van der Waals surface area (Å²) in [5, 5.41) is 0. The molecular formula is C17H21NO2S. The van der Waals surface area contributed by atoms with E-state index in [9.17, 15) is 8.42 Å². The quantitative estimate of drug-likeness (QED) is 0.944. The largest absolute Gasteiger partial charge is 0.326 e. The van der Waals surface area contributed by atoms with Crippen molar-refractivity contribution in [1.29, 1.82) is 0 Å². The molecule has 21 heavy (non-hydrogen) atoms. The number of aryl methyl sites for hydroxylation is 3. The number of rotatable bonds is 4. The number of nitrogens with two attached hydrogens (primary N) is 1. The molecule has 3 nitrogen and oxygen atoms in total. The summed E-state index contributed by atoms with van der Waals surface area (Å²) in [6.07, 6.45) is 0. The van der Waals surface area contributed by atoms with Crippen molar-refractivity contribution in [3.05, 3.63) is 64.2 Å². The van der Waals surface area contributed by atoms with Crippen LogP contribution < -0.4 is 5.73 Å². The van der Waals surface area contributed by atoms with Crippen molar-refractivity contribution in [2.45, 2.75) is 38.0 Å². The maximum absolute atomic E-state index is 12.6. The van der Waals surface area contributed by atoms with Gasteiger partial charge in [0.2, 0.25) is 0 Å². The van der Waals surface area contributed by atoms with Crippen molar-refractivity contribution < 1.29 is 8.42 Å². The first kappa shape index (κ1) is 15.7. The molecule has 0 bridgehead atoms. The number of benzene rings is 2. The molecule has 112 valence electrons. The minimum absolute atomic E-state index is 0.0214. The summed E-state index contributed by atoms with van der Waals surface area (Å²) in [6.45, 7) is 6.18. The number of hydrogen-bond donors (Lipinski definition) is 1. The van der Waals surface area contributed by atoms with Gasteiger partial charge < -0.3 is 5.73 Å². The standard InChI is InChI=1S/C17H21NO2S/c1-12-4-7-17(14(3)8-12)21(19,20)11-16-6-5-15(10-18)9-13(16)2/h4-9H,10-11,18H2,1-3H3. The molecule has 2 rings (SSSR count). The molecule has 2 aromatic carbocycles. The molecule has 0 saturated heterocycles. The second kappa shape index (κ2) is 6.00. The highest BCUT2D eigenvalue weighted by Crippen LogP contribution is 2.23. The first-order chi connectivity index (χ1) is 9.83. The Hall–Kier alpha value is -1.65. The SMILES string of the molecule is Cc1ccc(S(=O)(=O)Cc2ccc(CN)cc2C)c(C)c1. The van der Waals surface area contributed by atoms with Crippen LogP contribution in [0, 0.1) is 20.8 Å². The lowest BCUT2D eigenvalue weighted by atomic mass is 10.1. The van der Waals surface area contributed by atoms with E-state index in [-0.39, 0.29) is 5.75 Å². The average Bonchev–Trinajstić information content (AvgIpc) is 2.40. The van der Waals surface area contributed by atoms with Gasteiger partial charge in [0.15, 0.2) is 9.84 Å². The molecule has 0 radical (unpaired) electrons. The third-order valence-corrected chi connectivity index (χ3v) is 5.47. The normalized spacial score (nSPS) is 11.6. The van der Waals surface area contributed by atoms with Gasteiger partial charge in [0.25, 0.3) is 0 Å². The zero-order valence-corrected chi connectivity index (χ0v) is 13.5. The van der Waals surface area contributed by atoms with E-state index in [1.54, 1.807) is 6.07 Å². The highest BCUT2D eigenvalue weighted by Gasteiger charge is 2.18. The molecule has 0 saturated carbocycles. The third kappa shape index (κ3) is 3.52. The van der Waals surface area contributed by atoms with Gasteiger partial charge in [0, 0.05) is 6.54 Å². The van der Waals surface area contributed by atoms with Crippen molar-refractivity contribution in [2.24, 2.45) is 5.73 Å². The smallest absolute Gasteiger partial charge is 0.182 e. The molecule has 4 heteroatoms. The lowest BCUT2D eigenvalue weighted by Crippen LogP contribution is -2.08. The van der Waals surface area contributed by atoms with Crippen molar-refractivity contribution in [1.82, 2.24) is 0 Å². The maximum Gasteiger partial charge on any atom is 0.182 e. The van der Waals surface area contributed by atoms with E-state index in [0.717, 1.165) is 27.8 Å². The van der Waals surface area contributed by atoms with Gasteiger partial charge in [-0.1, -0.05) is 35.9 Å². The fourth-order valence-electron chi connectivity index (χ4n) is 2.48. The van der Waals surface area contributed by atoms with E-state index in [2.05, 4.69) is 0 Å². The molecule has 0 atom stereocenters. The van der Waals surface area contributed by atoms with E-state index >= 15 is 0 Å². The van der Waals surface area contributed by atoms with Gasteiger partial charge in [0.1, 0.15) is 0 Å². The second-order valence-electron chi connectivity index (χ2n) is 5.49. The minimum atomic E-state index is -3.33. The maximum atomic E-state index is 12.6. The van der Waals surface area contributed by atoms with Gasteiger partial charge in [-0.3, -0.25) is 0 Å². The van der Waals surface area contributed by atoms with Crippen LogP contribution in [0.4, 0.5) is 0 Å². The molecule has 0 unspecified atom stereocenters. The molecule has 0 aliphatic carbocycles. The van der Waals surface area contributed by atoms with Gasteiger partial charge in [0.05, 0.1) is 10.6 Å². The fraction of sp³-hybridized carbons (Fsp3) is 0.294. The predicted octanol–water partition coefficient (Wildman–Crippen LogP) is 3.04. The minimum Gasteiger partial charge on any atom is -0.326 e. The Kier molecular flexibility index (Phi) is 4.49. The van der Waals surface area contributed by atoms with Crippen LogP contribution in [-0.4, -0.2) is 8.42 Å². The number of sulfone groups is 1. The molecular weight excluding hydrogens is 282 g/mol. The van der Waals surface area contributed by atoms with Crippen molar-refractivity contribution in [2.75, 3.05) is 0 Å². The van der Waals surface area contributed by atoms with Crippen LogP contribution in [0.15, 0.2) is 41.3 Å². The second-order valence-corrected chi connectivity index (χ2v) is 7.45. The molecule has 2 aromatic rings. The monoisotopic (exact) mass is 303 g/mol. The van der Waals surface area contributed by atoms with Gasteiger partial charge >= 0.3 is 0 Å². The summed E-state index contributed by atoms with van der Waals surface area (Å²) in [5.74, 6) is 0.0214. The van der Waals surface area contributed by atoms with Crippen LogP contribution in [0.25, 0.3) is 0 Å². The van der Waals surface area contributed by atoms with Crippen LogP contribution in [0.2, 0.25) is 0 Å². The predicted molar refractivity (Wildman–Crippen MR) is 85.9 cm³/mol. The third-order valence-electron chi connectivity index (χ3n) is 3.65. The summed E-state index contributed by atoms with van der Waals surface area (Å²) >= 11 is 0. The Morgan fingerprint density at radius 3 is 2.24 bits per heavy atom. The van der Waals surface area contributed by atoms with E-state index in [1.807, 2.05) is 51.1 Å². The molecule has 0 aromatic heterocycles. The molecule has 0 aliphatic heterocycles. The highest BCUT2D eigenvalue weighted by molar-refractivity contribution is 7.90. The zero-order valence-electron chi connectivity index (χ0n) is 12.7. The average molecular weight is 303 g/mol. The Bertz CT molecular complexity index is 764. The Morgan fingerprint density at radius 1 is 0.952 bits per heavy atom. The van der Waals surface area contributed by atoms with E-state index in [4.69, 9.17) is 5.73 Å². The number of hydrogen-bond acceptors (Lipinski definition) is 3. The van der Waals surface area contributed by atoms with Crippen LogP contribution >= 0.6 is 0 Å². The first-order valence-electron chi connectivity index (χ1n) is 6.92. The zero-order chi connectivity index (χ0) is 15.6. The van der Waals surface area contributed by atoms with E-state index < -0.39 is 9.84 Å². The molecule has 0 amide bonds. The van der Waals surface area contributed by atoms with Crippen molar-refractivity contribution in [3.8, 4) is 0 Å². The molecule has 0 fully saturated rings. The molecule has 0 spiro atoms. The van der Waals surface area contributed by atoms with Crippen LogP contribution in [-0.2, 0) is 22.1 Å². The van der Waals surface area contributed by atoms with Crippen molar-refractivity contribution in [3.63, 3.8) is 0 Å².